The normalized spacial score (nSPS) is 16.1. The van der Waals surface area contributed by atoms with Crippen LogP contribution in [0.2, 0.25) is 0 Å². The average molecular weight is 409 g/mol. The summed E-state index contributed by atoms with van der Waals surface area (Å²) in [6.45, 7) is 4.08. The van der Waals surface area contributed by atoms with Crippen molar-refractivity contribution in [2.24, 2.45) is 0 Å². The molecule has 0 spiro atoms. The Labute approximate surface area is 177 Å². The van der Waals surface area contributed by atoms with E-state index in [9.17, 15) is 0 Å². The summed E-state index contributed by atoms with van der Waals surface area (Å²) in [5.41, 5.74) is 2.64. The van der Waals surface area contributed by atoms with Gasteiger partial charge in [0.2, 0.25) is 0 Å². The third-order valence-electron chi connectivity index (χ3n) is 5.47. The quantitative estimate of drug-likeness (QED) is 0.538. The van der Waals surface area contributed by atoms with E-state index in [1.807, 2.05) is 11.3 Å². The third-order valence-corrected chi connectivity index (χ3v) is 6.38. The molecule has 1 aliphatic rings. The highest BCUT2D eigenvalue weighted by molar-refractivity contribution is 7.10. The van der Waals surface area contributed by atoms with E-state index >= 15 is 0 Å². The van der Waals surface area contributed by atoms with Crippen molar-refractivity contribution < 1.29 is 9.47 Å². The smallest absolute Gasteiger partial charge is 0.118 e. The molecular weight excluding hydrogens is 380 g/mol. The summed E-state index contributed by atoms with van der Waals surface area (Å²) < 4.78 is 10.6. The molecule has 1 aromatic heterocycles. The monoisotopic (exact) mass is 408 g/mol. The highest BCUT2D eigenvalue weighted by Crippen LogP contribution is 2.34. The highest BCUT2D eigenvalue weighted by atomic mass is 32.1. The summed E-state index contributed by atoms with van der Waals surface area (Å²) >= 11 is 1.85. The van der Waals surface area contributed by atoms with Crippen molar-refractivity contribution >= 4 is 11.3 Å². The van der Waals surface area contributed by atoms with Crippen molar-refractivity contribution in [1.29, 1.82) is 0 Å². The minimum atomic E-state index is 0.299. The molecule has 2 heterocycles. The lowest BCUT2D eigenvalue weighted by Gasteiger charge is -2.43. The Morgan fingerprint density at radius 2 is 1.31 bits per heavy atom. The Kier molecular flexibility index (Phi) is 6.49. The van der Waals surface area contributed by atoms with Gasteiger partial charge in [-0.15, -0.1) is 11.3 Å². The van der Waals surface area contributed by atoms with Gasteiger partial charge >= 0.3 is 0 Å². The fourth-order valence-corrected chi connectivity index (χ4v) is 4.90. The number of nitrogens with zero attached hydrogens (tertiary/aromatic N) is 2. The van der Waals surface area contributed by atoms with Crippen LogP contribution in [0.4, 0.5) is 0 Å². The maximum atomic E-state index is 5.31. The molecule has 0 bridgehead atoms. The van der Waals surface area contributed by atoms with Gasteiger partial charge in [-0.05, 0) is 53.3 Å². The van der Waals surface area contributed by atoms with Gasteiger partial charge in [-0.25, -0.2) is 0 Å². The first-order valence-electron chi connectivity index (χ1n) is 10.0. The van der Waals surface area contributed by atoms with E-state index < -0.39 is 0 Å². The van der Waals surface area contributed by atoms with Crippen LogP contribution in [0.25, 0.3) is 0 Å². The molecule has 0 amide bonds. The number of benzene rings is 2. The predicted octanol–water partition coefficient (Wildman–Crippen LogP) is 5.17. The predicted molar refractivity (Wildman–Crippen MR) is 118 cm³/mol. The van der Waals surface area contributed by atoms with Crippen LogP contribution in [-0.2, 0) is 13.1 Å². The first kappa shape index (κ1) is 20.0. The Balaban J connectivity index is 1.55. The molecule has 0 atom stereocenters. The van der Waals surface area contributed by atoms with E-state index in [0.29, 0.717) is 6.17 Å². The maximum Gasteiger partial charge on any atom is 0.118 e. The zero-order chi connectivity index (χ0) is 20.1. The van der Waals surface area contributed by atoms with Crippen LogP contribution in [0.5, 0.6) is 11.5 Å². The van der Waals surface area contributed by atoms with Gasteiger partial charge in [0.1, 0.15) is 11.5 Å². The summed E-state index contributed by atoms with van der Waals surface area (Å²) in [4.78, 5) is 6.60. The van der Waals surface area contributed by atoms with Crippen molar-refractivity contribution in [2.45, 2.75) is 25.7 Å². The molecule has 0 saturated carbocycles. The van der Waals surface area contributed by atoms with E-state index in [1.54, 1.807) is 14.2 Å². The molecule has 29 heavy (non-hydrogen) atoms. The van der Waals surface area contributed by atoms with Gasteiger partial charge in [0.25, 0.3) is 0 Å². The zero-order valence-electron chi connectivity index (χ0n) is 17.1. The second-order valence-corrected chi connectivity index (χ2v) is 8.36. The van der Waals surface area contributed by atoms with E-state index in [0.717, 1.165) is 37.7 Å². The molecule has 4 rings (SSSR count). The Hall–Kier alpha value is -2.34. The molecule has 0 aliphatic carbocycles. The second-order valence-electron chi connectivity index (χ2n) is 7.38. The van der Waals surface area contributed by atoms with Gasteiger partial charge in [0, 0.05) is 31.1 Å². The first-order valence-corrected chi connectivity index (χ1v) is 10.9. The lowest BCUT2D eigenvalue weighted by Crippen LogP contribution is -2.46. The number of rotatable bonds is 7. The number of thiophene rings is 1. The fraction of sp³-hybridized carbons (Fsp3) is 0.333. The Bertz CT molecular complexity index is 821. The molecule has 3 aromatic rings. The van der Waals surface area contributed by atoms with Gasteiger partial charge in [0.15, 0.2) is 0 Å². The van der Waals surface area contributed by atoms with Crippen molar-refractivity contribution in [3.05, 3.63) is 82.0 Å². The summed E-state index contributed by atoms with van der Waals surface area (Å²) in [6.07, 6.45) is 1.47. The zero-order valence-corrected chi connectivity index (χ0v) is 17.9. The van der Waals surface area contributed by atoms with Gasteiger partial charge in [-0.3, -0.25) is 9.80 Å². The topological polar surface area (TPSA) is 24.9 Å². The van der Waals surface area contributed by atoms with Crippen LogP contribution in [0.3, 0.4) is 0 Å². The van der Waals surface area contributed by atoms with E-state index in [-0.39, 0.29) is 0 Å². The Morgan fingerprint density at radius 1 is 0.793 bits per heavy atom. The summed E-state index contributed by atoms with van der Waals surface area (Å²) in [7, 11) is 3.42. The largest absolute Gasteiger partial charge is 0.497 e. The minimum Gasteiger partial charge on any atom is -0.497 e. The Morgan fingerprint density at radius 3 is 1.72 bits per heavy atom. The number of ether oxygens (including phenoxy) is 2. The number of hydrogen-bond acceptors (Lipinski definition) is 5. The van der Waals surface area contributed by atoms with E-state index in [1.165, 1.54) is 22.4 Å². The average Bonchev–Trinajstić information content (AvgIpc) is 3.29. The number of methoxy groups -OCH3 is 2. The fourth-order valence-electron chi connectivity index (χ4n) is 4.01. The SMILES string of the molecule is COc1ccc(CN2CCCN(Cc3ccc(OC)cc3)C2c2cccs2)cc1. The maximum absolute atomic E-state index is 5.31. The molecule has 4 nitrogen and oxygen atoms in total. The molecule has 0 unspecified atom stereocenters. The van der Waals surface area contributed by atoms with Crippen LogP contribution in [0.1, 0.15) is 28.6 Å². The van der Waals surface area contributed by atoms with Crippen molar-refractivity contribution in [3.8, 4) is 11.5 Å². The molecule has 1 fully saturated rings. The molecule has 5 heteroatoms. The summed E-state index contributed by atoms with van der Waals surface area (Å²) in [5.74, 6) is 1.81. The standard InChI is InChI=1S/C24H28N2O2S/c1-27-21-10-6-19(7-11-21)17-25-14-4-15-26(24(25)23-5-3-16-29-23)18-20-8-12-22(28-2)13-9-20/h3,5-13,16,24H,4,14-15,17-18H2,1-2H3. The van der Waals surface area contributed by atoms with Crippen LogP contribution in [-0.4, -0.2) is 37.1 Å². The van der Waals surface area contributed by atoms with Gasteiger partial charge < -0.3 is 9.47 Å². The minimum absolute atomic E-state index is 0.299. The molecule has 152 valence electrons. The number of hydrogen-bond donors (Lipinski definition) is 0. The van der Waals surface area contributed by atoms with Crippen LogP contribution >= 0.6 is 11.3 Å². The van der Waals surface area contributed by atoms with E-state index in [2.05, 4.69) is 75.8 Å². The van der Waals surface area contributed by atoms with Crippen molar-refractivity contribution in [2.75, 3.05) is 27.3 Å². The molecule has 1 aliphatic heterocycles. The first-order chi connectivity index (χ1) is 14.3. The van der Waals surface area contributed by atoms with E-state index in [4.69, 9.17) is 9.47 Å². The van der Waals surface area contributed by atoms with Crippen LogP contribution in [0, 0.1) is 0 Å². The molecule has 2 aromatic carbocycles. The molecule has 0 N–H and O–H groups in total. The molecule has 1 saturated heterocycles. The highest BCUT2D eigenvalue weighted by Gasteiger charge is 2.31. The van der Waals surface area contributed by atoms with Crippen molar-refractivity contribution in [3.63, 3.8) is 0 Å². The lowest BCUT2D eigenvalue weighted by atomic mass is 10.1. The van der Waals surface area contributed by atoms with Crippen LogP contribution in [0.15, 0.2) is 66.0 Å². The molecular formula is C24H28N2O2S. The van der Waals surface area contributed by atoms with Gasteiger partial charge in [0.05, 0.1) is 20.4 Å². The lowest BCUT2D eigenvalue weighted by molar-refractivity contribution is -0.00688. The summed E-state index contributed by atoms with van der Waals surface area (Å²) in [6, 6.07) is 21.3. The van der Waals surface area contributed by atoms with Crippen molar-refractivity contribution in [1.82, 2.24) is 9.80 Å². The third kappa shape index (κ3) is 4.81. The van der Waals surface area contributed by atoms with Gasteiger partial charge in [-0.2, -0.15) is 0 Å². The van der Waals surface area contributed by atoms with Gasteiger partial charge in [-0.1, -0.05) is 30.3 Å². The molecule has 0 radical (unpaired) electrons. The van der Waals surface area contributed by atoms with Crippen LogP contribution < -0.4 is 9.47 Å². The second kappa shape index (κ2) is 9.44. The summed E-state index contributed by atoms with van der Waals surface area (Å²) in [5, 5.41) is 2.18.